The number of rotatable bonds is 3. The Morgan fingerprint density at radius 1 is 1.22 bits per heavy atom. The molecule has 2 aromatic heterocycles. The number of hydrogen-bond donors (Lipinski definition) is 1. The monoisotopic (exact) mass is 300 g/mol. The maximum absolute atomic E-state index is 8.69. The molecule has 1 N–H and O–H groups in total. The van der Waals surface area contributed by atoms with E-state index >= 15 is 0 Å². The number of aromatic nitrogens is 2. The standard InChI is InChI=1S/C17H12N6/c1-12-4-3-7-23-11-16(20-17(12)23)13-5-2-6-14(8-13)21-22-15(9-18)10-19/h2-8,11,21H,1H3. The maximum Gasteiger partial charge on any atom is 0.237 e. The number of benzene rings is 1. The number of nitrogens with one attached hydrogen (secondary N) is 1. The van der Waals surface area contributed by atoms with E-state index in [9.17, 15) is 0 Å². The van der Waals surface area contributed by atoms with Gasteiger partial charge in [-0.2, -0.15) is 15.6 Å². The molecular weight excluding hydrogens is 288 g/mol. The Balaban J connectivity index is 1.96. The Kier molecular flexibility index (Phi) is 3.73. The van der Waals surface area contributed by atoms with Crippen molar-refractivity contribution in [1.82, 2.24) is 9.38 Å². The highest BCUT2D eigenvalue weighted by molar-refractivity contribution is 6.10. The van der Waals surface area contributed by atoms with Gasteiger partial charge in [0.1, 0.15) is 17.8 Å². The summed E-state index contributed by atoms with van der Waals surface area (Å²) in [6.07, 6.45) is 3.91. The normalized spacial score (nSPS) is 9.87. The lowest BCUT2D eigenvalue weighted by molar-refractivity contribution is 1.16. The molecule has 0 saturated carbocycles. The van der Waals surface area contributed by atoms with Crippen molar-refractivity contribution in [3.05, 3.63) is 54.4 Å². The highest BCUT2D eigenvalue weighted by Crippen LogP contribution is 2.23. The van der Waals surface area contributed by atoms with E-state index in [0.717, 1.165) is 22.5 Å². The molecule has 0 saturated heterocycles. The second-order valence-corrected chi connectivity index (χ2v) is 4.92. The summed E-state index contributed by atoms with van der Waals surface area (Å²) >= 11 is 0. The van der Waals surface area contributed by atoms with Gasteiger partial charge < -0.3 is 4.40 Å². The summed E-state index contributed by atoms with van der Waals surface area (Å²) in [7, 11) is 0. The quantitative estimate of drug-likeness (QED) is 0.594. The summed E-state index contributed by atoms with van der Waals surface area (Å²) in [5.74, 6) is 0. The van der Waals surface area contributed by atoms with E-state index in [4.69, 9.17) is 10.5 Å². The van der Waals surface area contributed by atoms with E-state index in [1.165, 1.54) is 0 Å². The van der Waals surface area contributed by atoms with Crippen LogP contribution in [-0.2, 0) is 0 Å². The Hall–Kier alpha value is -3.64. The van der Waals surface area contributed by atoms with Crippen molar-refractivity contribution < 1.29 is 0 Å². The van der Waals surface area contributed by atoms with Crippen LogP contribution >= 0.6 is 0 Å². The average molecular weight is 300 g/mol. The number of nitrogens with zero attached hydrogens (tertiary/aromatic N) is 5. The molecule has 3 aromatic rings. The van der Waals surface area contributed by atoms with Crippen LogP contribution in [-0.4, -0.2) is 15.1 Å². The first kappa shape index (κ1) is 14.3. The minimum absolute atomic E-state index is 0.223. The van der Waals surface area contributed by atoms with Crippen molar-refractivity contribution in [3.63, 3.8) is 0 Å². The minimum atomic E-state index is -0.223. The van der Waals surface area contributed by atoms with Gasteiger partial charge in [0.05, 0.1) is 11.4 Å². The van der Waals surface area contributed by atoms with Crippen LogP contribution in [0.4, 0.5) is 5.69 Å². The molecule has 0 radical (unpaired) electrons. The first-order chi connectivity index (χ1) is 11.2. The molecular formula is C17H12N6. The molecule has 0 aliphatic rings. The maximum atomic E-state index is 8.69. The second kappa shape index (κ2) is 6.00. The summed E-state index contributed by atoms with van der Waals surface area (Å²) < 4.78 is 1.98. The fourth-order valence-electron chi connectivity index (χ4n) is 2.24. The molecule has 0 unspecified atom stereocenters. The molecule has 23 heavy (non-hydrogen) atoms. The number of fused-ring (bicyclic) bond motifs is 1. The Bertz CT molecular complexity index is 968. The van der Waals surface area contributed by atoms with Gasteiger partial charge in [-0.05, 0) is 30.7 Å². The Morgan fingerprint density at radius 3 is 2.78 bits per heavy atom. The SMILES string of the molecule is Cc1cccn2cc(-c3cccc(NN=C(C#N)C#N)c3)nc12. The van der Waals surface area contributed by atoms with Crippen LogP contribution in [0.25, 0.3) is 16.9 Å². The van der Waals surface area contributed by atoms with Crippen LogP contribution in [0.15, 0.2) is 53.9 Å². The van der Waals surface area contributed by atoms with Crippen LogP contribution in [0.3, 0.4) is 0 Å². The number of imidazole rings is 1. The van der Waals surface area contributed by atoms with E-state index in [1.807, 2.05) is 54.0 Å². The van der Waals surface area contributed by atoms with Crippen molar-refractivity contribution in [3.8, 4) is 23.4 Å². The van der Waals surface area contributed by atoms with Gasteiger partial charge in [0.25, 0.3) is 0 Å². The van der Waals surface area contributed by atoms with Crippen LogP contribution in [0.2, 0.25) is 0 Å². The van der Waals surface area contributed by atoms with E-state index in [-0.39, 0.29) is 5.71 Å². The summed E-state index contributed by atoms with van der Waals surface area (Å²) in [6, 6.07) is 14.9. The average Bonchev–Trinajstić information content (AvgIpc) is 3.02. The third kappa shape index (κ3) is 2.87. The summed E-state index contributed by atoms with van der Waals surface area (Å²) in [4.78, 5) is 4.65. The van der Waals surface area contributed by atoms with E-state index < -0.39 is 0 Å². The molecule has 0 fully saturated rings. The summed E-state index contributed by atoms with van der Waals surface area (Å²) in [5, 5.41) is 21.1. The van der Waals surface area contributed by atoms with Gasteiger partial charge in [0.2, 0.25) is 5.71 Å². The number of hydrazone groups is 1. The van der Waals surface area contributed by atoms with Crippen LogP contribution in [0, 0.1) is 29.6 Å². The molecule has 0 bridgehead atoms. The molecule has 2 heterocycles. The Labute approximate surface area is 132 Å². The largest absolute Gasteiger partial charge is 0.306 e. The highest BCUT2D eigenvalue weighted by Gasteiger charge is 2.06. The van der Waals surface area contributed by atoms with Gasteiger partial charge in [-0.25, -0.2) is 4.98 Å². The van der Waals surface area contributed by atoms with Crippen LogP contribution in [0.5, 0.6) is 0 Å². The van der Waals surface area contributed by atoms with Crippen molar-refractivity contribution in [2.45, 2.75) is 6.92 Å². The van der Waals surface area contributed by atoms with Crippen molar-refractivity contribution in [2.24, 2.45) is 5.10 Å². The molecule has 6 nitrogen and oxygen atoms in total. The van der Waals surface area contributed by atoms with Gasteiger partial charge in [-0.3, -0.25) is 5.43 Å². The molecule has 0 aliphatic carbocycles. The number of hydrogen-bond acceptors (Lipinski definition) is 5. The summed E-state index contributed by atoms with van der Waals surface area (Å²) in [6.45, 7) is 2.02. The third-order valence-electron chi connectivity index (χ3n) is 3.34. The lowest BCUT2D eigenvalue weighted by Crippen LogP contribution is -1.96. The van der Waals surface area contributed by atoms with Crippen molar-refractivity contribution in [2.75, 3.05) is 5.43 Å². The third-order valence-corrected chi connectivity index (χ3v) is 3.34. The van der Waals surface area contributed by atoms with Crippen LogP contribution < -0.4 is 5.43 Å². The lowest BCUT2D eigenvalue weighted by atomic mass is 10.1. The molecule has 110 valence electrons. The zero-order valence-corrected chi connectivity index (χ0v) is 12.4. The van der Waals surface area contributed by atoms with Crippen molar-refractivity contribution >= 4 is 17.0 Å². The molecule has 3 rings (SSSR count). The van der Waals surface area contributed by atoms with Gasteiger partial charge in [0, 0.05) is 18.0 Å². The molecule has 1 aromatic carbocycles. The predicted molar refractivity (Wildman–Crippen MR) is 87.6 cm³/mol. The number of nitriles is 2. The Morgan fingerprint density at radius 2 is 2.04 bits per heavy atom. The van der Waals surface area contributed by atoms with E-state index in [0.29, 0.717) is 5.69 Å². The molecule has 0 atom stereocenters. The van der Waals surface area contributed by atoms with Crippen LogP contribution in [0.1, 0.15) is 5.56 Å². The zero-order valence-electron chi connectivity index (χ0n) is 12.4. The molecule has 0 aliphatic heterocycles. The van der Waals surface area contributed by atoms with E-state index in [2.05, 4.69) is 15.5 Å². The fourth-order valence-corrected chi connectivity index (χ4v) is 2.24. The first-order valence-corrected chi connectivity index (χ1v) is 6.90. The smallest absolute Gasteiger partial charge is 0.237 e. The fraction of sp³-hybridized carbons (Fsp3) is 0.0588. The van der Waals surface area contributed by atoms with Gasteiger partial charge in [-0.1, -0.05) is 18.2 Å². The second-order valence-electron chi connectivity index (χ2n) is 4.92. The number of anilines is 1. The van der Waals surface area contributed by atoms with Gasteiger partial charge in [-0.15, -0.1) is 0 Å². The zero-order chi connectivity index (χ0) is 16.2. The number of pyridine rings is 1. The predicted octanol–water partition coefficient (Wildman–Crippen LogP) is 3.12. The first-order valence-electron chi connectivity index (χ1n) is 6.90. The molecule has 0 amide bonds. The van der Waals surface area contributed by atoms with E-state index in [1.54, 1.807) is 18.2 Å². The minimum Gasteiger partial charge on any atom is -0.306 e. The lowest BCUT2D eigenvalue weighted by Gasteiger charge is -2.02. The number of aryl methyl sites for hydroxylation is 1. The van der Waals surface area contributed by atoms with Gasteiger partial charge in [0.15, 0.2) is 0 Å². The highest BCUT2D eigenvalue weighted by atomic mass is 15.3. The molecule has 0 spiro atoms. The summed E-state index contributed by atoms with van der Waals surface area (Å²) in [5.41, 5.74) is 6.94. The van der Waals surface area contributed by atoms with Gasteiger partial charge >= 0.3 is 0 Å². The molecule has 6 heteroatoms. The van der Waals surface area contributed by atoms with Crippen molar-refractivity contribution in [1.29, 1.82) is 10.5 Å². The topological polar surface area (TPSA) is 89.3 Å².